The van der Waals surface area contributed by atoms with Crippen LogP contribution in [0.1, 0.15) is 80.6 Å². The Morgan fingerprint density at radius 2 is 1.54 bits per heavy atom. The maximum atomic E-state index is 12.3. The van der Waals surface area contributed by atoms with E-state index in [2.05, 4.69) is 25.7 Å². The largest absolute Gasteiger partial charge is 0.463 e. The summed E-state index contributed by atoms with van der Waals surface area (Å²) in [6, 6.07) is 0. The molecule has 0 bridgehead atoms. The van der Waals surface area contributed by atoms with Gasteiger partial charge in [0.1, 0.15) is 12.2 Å². The van der Waals surface area contributed by atoms with E-state index < -0.39 is 5.60 Å². The van der Waals surface area contributed by atoms with E-state index in [4.69, 9.17) is 14.2 Å². The van der Waals surface area contributed by atoms with E-state index in [-0.39, 0.29) is 36.6 Å². The van der Waals surface area contributed by atoms with Gasteiger partial charge in [0.25, 0.3) is 0 Å². The molecule has 6 nitrogen and oxygen atoms in total. The molecule has 0 aromatic carbocycles. The molecule has 0 amide bonds. The molecule has 0 atom stereocenters. The molecule has 0 aromatic rings. The summed E-state index contributed by atoms with van der Waals surface area (Å²) in [4.78, 5) is 26.3. The highest BCUT2D eigenvalue weighted by Crippen LogP contribution is 2.16. The van der Waals surface area contributed by atoms with E-state index in [0.29, 0.717) is 19.4 Å². The minimum absolute atomic E-state index is 0.0230. The van der Waals surface area contributed by atoms with Gasteiger partial charge in [0.2, 0.25) is 0 Å². The lowest BCUT2D eigenvalue weighted by Gasteiger charge is -2.31. The van der Waals surface area contributed by atoms with E-state index in [1.165, 1.54) is 0 Å². The smallest absolute Gasteiger partial charge is 0.307 e. The third-order valence-corrected chi connectivity index (χ3v) is 4.78. The number of hydrogen-bond acceptors (Lipinski definition) is 6. The average Bonchev–Trinajstić information content (AvgIpc) is 2.58. The molecule has 28 heavy (non-hydrogen) atoms. The van der Waals surface area contributed by atoms with Gasteiger partial charge in [0.15, 0.2) is 5.78 Å². The zero-order valence-electron chi connectivity index (χ0n) is 19.4. The fourth-order valence-electron chi connectivity index (χ4n) is 2.38. The molecule has 0 fully saturated rings. The fraction of sp³-hybridized carbons (Fsp3) is 0.909. The van der Waals surface area contributed by atoms with Gasteiger partial charge in [-0.1, -0.05) is 6.42 Å². The van der Waals surface area contributed by atoms with Crippen LogP contribution in [0.25, 0.3) is 0 Å². The number of Topliss-reactive ketones (excluding diaryl/α,β-unsaturated/α-hetero) is 1. The number of nitrogens with zero attached hydrogens (tertiary/aromatic N) is 1. The van der Waals surface area contributed by atoms with Crippen LogP contribution in [0.5, 0.6) is 0 Å². The Labute approximate surface area is 172 Å². The van der Waals surface area contributed by atoms with Crippen molar-refractivity contribution in [3.8, 4) is 0 Å². The minimum Gasteiger partial charge on any atom is -0.463 e. The van der Waals surface area contributed by atoms with Crippen molar-refractivity contribution < 1.29 is 23.8 Å². The van der Waals surface area contributed by atoms with E-state index in [1.54, 1.807) is 13.8 Å². The molecule has 166 valence electrons. The van der Waals surface area contributed by atoms with Gasteiger partial charge in [-0.15, -0.1) is 0 Å². The molecule has 0 N–H and O–H groups in total. The lowest BCUT2D eigenvalue weighted by Crippen LogP contribution is -2.39. The first-order valence-electron chi connectivity index (χ1n) is 10.5. The van der Waals surface area contributed by atoms with Crippen LogP contribution in [0.2, 0.25) is 0 Å². The summed E-state index contributed by atoms with van der Waals surface area (Å²) in [6.07, 6.45) is 3.86. The molecule has 0 radical (unpaired) electrons. The molecule has 0 spiro atoms. The highest BCUT2D eigenvalue weighted by Gasteiger charge is 2.27. The van der Waals surface area contributed by atoms with Gasteiger partial charge >= 0.3 is 5.97 Å². The monoisotopic (exact) mass is 401 g/mol. The van der Waals surface area contributed by atoms with Crippen LogP contribution in [0.3, 0.4) is 0 Å². The molecule has 0 rings (SSSR count). The Bertz CT molecular complexity index is 454. The zero-order valence-corrected chi connectivity index (χ0v) is 19.4. The first-order valence-corrected chi connectivity index (χ1v) is 10.5. The van der Waals surface area contributed by atoms with Crippen LogP contribution in [0.15, 0.2) is 0 Å². The van der Waals surface area contributed by atoms with Crippen LogP contribution < -0.4 is 0 Å². The second-order valence-electron chi connectivity index (χ2n) is 9.08. The van der Waals surface area contributed by atoms with E-state index in [9.17, 15) is 9.59 Å². The summed E-state index contributed by atoms with van der Waals surface area (Å²) < 4.78 is 16.4. The Balaban J connectivity index is 3.90. The number of carbonyl (C=O) groups excluding carboxylic acids is 2. The second-order valence-corrected chi connectivity index (χ2v) is 9.08. The lowest BCUT2D eigenvalue weighted by atomic mass is 9.98. The summed E-state index contributed by atoms with van der Waals surface area (Å²) in [6.45, 7) is 15.7. The number of hydrogen-bond donors (Lipinski definition) is 0. The number of ether oxygens (including phenoxy) is 3. The minimum atomic E-state index is -0.854. The quantitative estimate of drug-likeness (QED) is 0.305. The van der Waals surface area contributed by atoms with Crippen molar-refractivity contribution in [2.24, 2.45) is 0 Å². The van der Waals surface area contributed by atoms with Crippen LogP contribution in [0.4, 0.5) is 0 Å². The Morgan fingerprint density at radius 1 is 0.893 bits per heavy atom. The van der Waals surface area contributed by atoms with Crippen molar-refractivity contribution in [3.05, 3.63) is 0 Å². The first-order chi connectivity index (χ1) is 12.9. The van der Waals surface area contributed by atoms with E-state index >= 15 is 0 Å². The molecule has 0 aliphatic carbocycles. The second kappa shape index (κ2) is 13.3. The van der Waals surface area contributed by atoms with Crippen molar-refractivity contribution in [1.29, 1.82) is 0 Å². The van der Waals surface area contributed by atoms with Crippen molar-refractivity contribution in [2.75, 3.05) is 33.4 Å². The molecular formula is C22H43NO5. The first kappa shape index (κ1) is 27.0. The Hall–Kier alpha value is -0.980. The normalized spacial score (nSPS) is 12.6. The zero-order chi connectivity index (χ0) is 21.8. The predicted molar refractivity (Wildman–Crippen MR) is 113 cm³/mol. The summed E-state index contributed by atoms with van der Waals surface area (Å²) in [5, 5.41) is 0. The Kier molecular flexibility index (Phi) is 12.8. The lowest BCUT2D eigenvalue weighted by molar-refractivity contribution is -0.151. The summed E-state index contributed by atoms with van der Waals surface area (Å²) in [7, 11) is 1.99. The highest BCUT2D eigenvalue weighted by molar-refractivity contribution is 5.86. The van der Waals surface area contributed by atoms with Gasteiger partial charge in [0.05, 0.1) is 19.1 Å². The maximum absolute atomic E-state index is 12.3. The molecule has 0 aliphatic heterocycles. The van der Waals surface area contributed by atoms with Crippen molar-refractivity contribution in [3.63, 3.8) is 0 Å². The van der Waals surface area contributed by atoms with Crippen molar-refractivity contribution in [1.82, 2.24) is 4.90 Å². The number of rotatable bonds is 15. The van der Waals surface area contributed by atoms with Crippen molar-refractivity contribution >= 4 is 11.8 Å². The number of unbranched alkanes of at least 4 members (excludes halogenated alkanes) is 2. The molecule has 0 aromatic heterocycles. The van der Waals surface area contributed by atoms with Crippen LogP contribution >= 0.6 is 0 Å². The van der Waals surface area contributed by atoms with Crippen LogP contribution in [-0.4, -0.2) is 67.3 Å². The number of esters is 1. The predicted octanol–water partition coefficient (Wildman–Crippen LogP) is 4.00. The summed E-state index contributed by atoms with van der Waals surface area (Å²) in [5.41, 5.74) is -0.831. The van der Waals surface area contributed by atoms with Gasteiger partial charge in [0, 0.05) is 25.1 Å². The summed E-state index contributed by atoms with van der Waals surface area (Å²) in [5.74, 6) is -0.164. The van der Waals surface area contributed by atoms with E-state index in [1.807, 2.05) is 20.9 Å². The van der Waals surface area contributed by atoms with Gasteiger partial charge < -0.3 is 19.1 Å². The van der Waals surface area contributed by atoms with Crippen molar-refractivity contribution in [2.45, 2.75) is 97.8 Å². The molecule has 6 heteroatoms. The van der Waals surface area contributed by atoms with Crippen LogP contribution in [0, 0.1) is 0 Å². The average molecular weight is 402 g/mol. The molecule has 0 saturated heterocycles. The number of carbonyl (C=O) groups is 2. The van der Waals surface area contributed by atoms with E-state index in [0.717, 1.165) is 25.9 Å². The van der Waals surface area contributed by atoms with Gasteiger partial charge in [-0.25, -0.2) is 0 Å². The molecular weight excluding hydrogens is 358 g/mol. The van der Waals surface area contributed by atoms with Gasteiger partial charge in [-0.2, -0.15) is 0 Å². The third-order valence-electron chi connectivity index (χ3n) is 4.78. The topological polar surface area (TPSA) is 65.1 Å². The maximum Gasteiger partial charge on any atom is 0.307 e. The standard InChI is InChI=1S/C22H43NO5/c1-18(2)26-15-11-9-10-12-19(24)22(6,7)28-17-16-27-20(25)13-14-23(8)21(3,4)5/h18H,9-17H2,1-8H3. The third kappa shape index (κ3) is 13.2. The highest BCUT2D eigenvalue weighted by atomic mass is 16.6. The van der Waals surface area contributed by atoms with Gasteiger partial charge in [-0.05, 0) is 68.4 Å². The number of ketones is 1. The summed E-state index contributed by atoms with van der Waals surface area (Å²) >= 11 is 0. The molecule has 0 saturated carbocycles. The van der Waals surface area contributed by atoms with Crippen LogP contribution in [-0.2, 0) is 23.8 Å². The van der Waals surface area contributed by atoms with Gasteiger partial charge in [-0.3, -0.25) is 9.59 Å². The Morgan fingerprint density at radius 3 is 2.11 bits per heavy atom. The molecule has 0 heterocycles. The fourth-order valence-corrected chi connectivity index (χ4v) is 2.38. The SMILES string of the molecule is CC(C)OCCCCCC(=O)C(C)(C)OCCOC(=O)CCN(C)C(C)(C)C. The molecule has 0 aliphatic rings. The molecule has 0 unspecified atom stereocenters.